The molecule has 0 amide bonds. The molecule has 0 fully saturated rings. The Bertz CT molecular complexity index is 796. The van der Waals surface area contributed by atoms with E-state index in [9.17, 15) is 0 Å². The van der Waals surface area contributed by atoms with Gasteiger partial charge in [0.2, 0.25) is 0 Å². The molecule has 5 nitrogen and oxygen atoms in total. The van der Waals surface area contributed by atoms with Gasteiger partial charge < -0.3 is 10.5 Å². The SMILES string of the molecule is Cc1ccc(C)c(OCc2c(CN)nnn2-c2ccccc2)c1. The number of aryl methyl sites for hydroxylation is 2. The van der Waals surface area contributed by atoms with E-state index in [1.165, 1.54) is 5.56 Å². The van der Waals surface area contributed by atoms with Crippen LogP contribution in [0.5, 0.6) is 5.75 Å². The highest BCUT2D eigenvalue weighted by Gasteiger charge is 2.14. The van der Waals surface area contributed by atoms with E-state index in [1.807, 2.05) is 50.2 Å². The van der Waals surface area contributed by atoms with Gasteiger partial charge >= 0.3 is 0 Å². The highest BCUT2D eigenvalue weighted by molar-refractivity contribution is 5.37. The third kappa shape index (κ3) is 3.24. The van der Waals surface area contributed by atoms with Crippen molar-refractivity contribution in [1.82, 2.24) is 15.0 Å². The van der Waals surface area contributed by atoms with Crippen molar-refractivity contribution in [3.05, 3.63) is 71.0 Å². The second-order valence-corrected chi connectivity index (χ2v) is 5.49. The van der Waals surface area contributed by atoms with Gasteiger partial charge in [-0.1, -0.05) is 35.5 Å². The van der Waals surface area contributed by atoms with Crippen molar-refractivity contribution in [2.45, 2.75) is 27.0 Å². The van der Waals surface area contributed by atoms with Gasteiger partial charge in [-0.3, -0.25) is 0 Å². The van der Waals surface area contributed by atoms with E-state index < -0.39 is 0 Å². The van der Waals surface area contributed by atoms with Gasteiger partial charge in [0.05, 0.1) is 5.69 Å². The fourth-order valence-electron chi connectivity index (χ4n) is 2.42. The molecule has 23 heavy (non-hydrogen) atoms. The zero-order valence-corrected chi connectivity index (χ0v) is 13.4. The number of hydrogen-bond acceptors (Lipinski definition) is 4. The molecule has 0 aliphatic heterocycles. The van der Waals surface area contributed by atoms with E-state index in [1.54, 1.807) is 4.68 Å². The Balaban J connectivity index is 1.90. The van der Waals surface area contributed by atoms with E-state index in [-0.39, 0.29) is 0 Å². The predicted molar refractivity (Wildman–Crippen MR) is 89.5 cm³/mol. The number of ether oxygens (including phenoxy) is 1. The summed E-state index contributed by atoms with van der Waals surface area (Å²) in [5, 5.41) is 8.39. The molecule has 0 aliphatic carbocycles. The highest BCUT2D eigenvalue weighted by atomic mass is 16.5. The minimum atomic E-state index is 0.332. The molecule has 2 aromatic carbocycles. The first-order valence-corrected chi connectivity index (χ1v) is 7.58. The fourth-order valence-corrected chi connectivity index (χ4v) is 2.42. The van der Waals surface area contributed by atoms with Crippen LogP contribution >= 0.6 is 0 Å². The summed E-state index contributed by atoms with van der Waals surface area (Å²) >= 11 is 0. The molecule has 1 heterocycles. The van der Waals surface area contributed by atoms with Crippen LogP contribution in [0.3, 0.4) is 0 Å². The Morgan fingerprint density at radius 2 is 1.87 bits per heavy atom. The molecule has 3 aromatic rings. The molecule has 0 atom stereocenters. The molecule has 0 aliphatic rings. The summed E-state index contributed by atoms with van der Waals surface area (Å²) in [7, 11) is 0. The minimum absolute atomic E-state index is 0.332. The number of benzene rings is 2. The topological polar surface area (TPSA) is 66.0 Å². The van der Waals surface area contributed by atoms with Crippen molar-refractivity contribution in [3.63, 3.8) is 0 Å². The molecule has 0 saturated carbocycles. The van der Waals surface area contributed by atoms with Crippen LogP contribution in [0.15, 0.2) is 48.5 Å². The standard InChI is InChI=1S/C18H20N4O/c1-13-8-9-14(2)18(10-13)23-12-17-16(11-19)20-21-22(17)15-6-4-3-5-7-15/h3-10H,11-12,19H2,1-2H3. The van der Waals surface area contributed by atoms with Gasteiger partial charge in [-0.05, 0) is 43.2 Å². The first-order valence-electron chi connectivity index (χ1n) is 7.58. The van der Waals surface area contributed by atoms with Crippen molar-refractivity contribution in [3.8, 4) is 11.4 Å². The Labute approximate surface area is 135 Å². The lowest BCUT2D eigenvalue weighted by molar-refractivity contribution is 0.294. The minimum Gasteiger partial charge on any atom is -0.487 e. The Morgan fingerprint density at radius 3 is 2.61 bits per heavy atom. The lowest BCUT2D eigenvalue weighted by atomic mass is 10.1. The maximum atomic E-state index is 6.01. The van der Waals surface area contributed by atoms with E-state index in [4.69, 9.17) is 10.5 Å². The summed E-state index contributed by atoms with van der Waals surface area (Å²) < 4.78 is 7.80. The summed E-state index contributed by atoms with van der Waals surface area (Å²) in [5.74, 6) is 0.869. The van der Waals surface area contributed by atoms with Gasteiger partial charge in [0.1, 0.15) is 23.7 Å². The summed E-state index contributed by atoms with van der Waals surface area (Å²) in [6.45, 7) is 4.79. The number of nitrogens with two attached hydrogens (primary N) is 1. The number of aromatic nitrogens is 3. The molecule has 1 aromatic heterocycles. The molecule has 0 unspecified atom stereocenters. The molecular formula is C18H20N4O. The van der Waals surface area contributed by atoms with Gasteiger partial charge in [0.25, 0.3) is 0 Å². The molecule has 2 N–H and O–H groups in total. The second-order valence-electron chi connectivity index (χ2n) is 5.49. The lowest BCUT2D eigenvalue weighted by Gasteiger charge is -2.12. The normalized spacial score (nSPS) is 10.7. The molecule has 118 valence electrons. The maximum absolute atomic E-state index is 6.01. The first kappa shape index (κ1) is 15.2. The van der Waals surface area contributed by atoms with Gasteiger partial charge in [0, 0.05) is 6.54 Å². The van der Waals surface area contributed by atoms with E-state index in [0.717, 1.165) is 28.4 Å². The molecule has 0 saturated heterocycles. The van der Waals surface area contributed by atoms with Crippen LogP contribution in [0.4, 0.5) is 0 Å². The van der Waals surface area contributed by atoms with Crippen molar-refractivity contribution in [2.24, 2.45) is 5.73 Å². The Morgan fingerprint density at radius 1 is 1.09 bits per heavy atom. The highest BCUT2D eigenvalue weighted by Crippen LogP contribution is 2.21. The Kier molecular flexibility index (Phi) is 4.39. The molecular weight excluding hydrogens is 288 g/mol. The fraction of sp³-hybridized carbons (Fsp3) is 0.222. The van der Waals surface area contributed by atoms with Gasteiger partial charge in [-0.25, -0.2) is 4.68 Å². The quantitative estimate of drug-likeness (QED) is 0.787. The Hall–Kier alpha value is -2.66. The van der Waals surface area contributed by atoms with Crippen molar-refractivity contribution in [2.75, 3.05) is 0 Å². The summed E-state index contributed by atoms with van der Waals surface area (Å²) in [4.78, 5) is 0. The van der Waals surface area contributed by atoms with Crippen molar-refractivity contribution >= 4 is 0 Å². The number of nitrogens with zero attached hydrogens (tertiary/aromatic N) is 3. The number of hydrogen-bond donors (Lipinski definition) is 1. The van der Waals surface area contributed by atoms with Crippen LogP contribution in [0.2, 0.25) is 0 Å². The molecule has 0 spiro atoms. The molecule has 0 radical (unpaired) electrons. The van der Waals surface area contributed by atoms with Crippen LogP contribution < -0.4 is 10.5 Å². The van der Waals surface area contributed by atoms with Crippen molar-refractivity contribution < 1.29 is 4.74 Å². The molecule has 0 bridgehead atoms. The average Bonchev–Trinajstić information content (AvgIpc) is 2.99. The number of rotatable bonds is 5. The van der Waals surface area contributed by atoms with Crippen LogP contribution in [0.1, 0.15) is 22.5 Å². The zero-order chi connectivity index (χ0) is 16.2. The third-order valence-corrected chi connectivity index (χ3v) is 3.75. The lowest BCUT2D eigenvalue weighted by Crippen LogP contribution is -2.10. The smallest absolute Gasteiger partial charge is 0.132 e. The number of para-hydroxylation sites is 1. The molecule has 5 heteroatoms. The summed E-state index contributed by atoms with van der Waals surface area (Å²) in [6.07, 6.45) is 0. The second kappa shape index (κ2) is 6.62. The maximum Gasteiger partial charge on any atom is 0.132 e. The first-order chi connectivity index (χ1) is 11.2. The van der Waals surface area contributed by atoms with Crippen LogP contribution in [0, 0.1) is 13.8 Å². The largest absolute Gasteiger partial charge is 0.487 e. The van der Waals surface area contributed by atoms with E-state index >= 15 is 0 Å². The average molecular weight is 308 g/mol. The van der Waals surface area contributed by atoms with Gasteiger partial charge in [-0.2, -0.15) is 0 Å². The van der Waals surface area contributed by atoms with Gasteiger partial charge in [-0.15, -0.1) is 5.10 Å². The van der Waals surface area contributed by atoms with Gasteiger partial charge in [0.15, 0.2) is 0 Å². The summed E-state index contributed by atoms with van der Waals surface area (Å²) in [6, 6.07) is 16.0. The molecule has 3 rings (SSSR count). The zero-order valence-electron chi connectivity index (χ0n) is 13.4. The van der Waals surface area contributed by atoms with Crippen LogP contribution in [-0.4, -0.2) is 15.0 Å². The predicted octanol–water partition coefficient (Wildman–Crippen LogP) is 2.92. The van der Waals surface area contributed by atoms with E-state index in [2.05, 4.69) is 22.4 Å². The van der Waals surface area contributed by atoms with Crippen molar-refractivity contribution in [1.29, 1.82) is 0 Å². The third-order valence-electron chi connectivity index (χ3n) is 3.75. The van der Waals surface area contributed by atoms with Crippen LogP contribution in [0.25, 0.3) is 5.69 Å². The van der Waals surface area contributed by atoms with E-state index in [0.29, 0.717) is 13.2 Å². The summed E-state index contributed by atoms with van der Waals surface area (Å²) in [5.41, 5.74) is 10.6. The monoisotopic (exact) mass is 308 g/mol. The van der Waals surface area contributed by atoms with Crippen LogP contribution in [-0.2, 0) is 13.2 Å².